The lowest BCUT2D eigenvalue weighted by atomic mass is 9.98. The summed E-state index contributed by atoms with van der Waals surface area (Å²) in [6.45, 7) is 0. The lowest BCUT2D eigenvalue weighted by Gasteiger charge is -2.21. The van der Waals surface area contributed by atoms with E-state index >= 15 is 0 Å². The Labute approximate surface area is 198 Å². The molecule has 1 heterocycles. The molecule has 0 spiro atoms. The summed E-state index contributed by atoms with van der Waals surface area (Å²) in [6.07, 6.45) is 5.30. The molecule has 1 fully saturated rings. The predicted octanol–water partition coefficient (Wildman–Crippen LogP) is 6.26. The number of benzene rings is 2. The van der Waals surface area contributed by atoms with Crippen molar-refractivity contribution in [1.82, 2.24) is 4.98 Å². The molecule has 6 heteroatoms. The number of rotatable bonds is 7. The zero-order chi connectivity index (χ0) is 23.0. The van der Waals surface area contributed by atoms with E-state index in [2.05, 4.69) is 6.07 Å². The highest BCUT2D eigenvalue weighted by atomic mass is 32.2. The van der Waals surface area contributed by atoms with Gasteiger partial charge in [-0.3, -0.25) is 4.79 Å². The smallest absolute Gasteiger partial charge is 0.316 e. The maximum Gasteiger partial charge on any atom is 0.316 e. The van der Waals surface area contributed by atoms with Gasteiger partial charge in [-0.25, -0.2) is 4.98 Å². The van der Waals surface area contributed by atoms with Gasteiger partial charge in [0.25, 0.3) is 0 Å². The van der Waals surface area contributed by atoms with Crippen molar-refractivity contribution in [1.29, 1.82) is 5.26 Å². The molecule has 0 unspecified atom stereocenters. The molecule has 1 aliphatic carbocycles. The van der Waals surface area contributed by atoms with E-state index in [1.54, 1.807) is 7.11 Å². The highest BCUT2D eigenvalue weighted by molar-refractivity contribution is 7.99. The summed E-state index contributed by atoms with van der Waals surface area (Å²) in [5, 5.41) is 10.5. The minimum atomic E-state index is -0.256. The number of esters is 1. The minimum absolute atomic E-state index is 0.0146. The van der Waals surface area contributed by atoms with Crippen LogP contribution in [-0.2, 0) is 9.53 Å². The Balaban J connectivity index is 1.65. The van der Waals surface area contributed by atoms with E-state index in [0.29, 0.717) is 10.6 Å². The molecule has 1 saturated carbocycles. The molecule has 0 amide bonds. The maximum absolute atomic E-state index is 12.5. The number of nitrogens with zero attached hydrogens (tertiary/aromatic N) is 2. The van der Waals surface area contributed by atoms with Crippen molar-refractivity contribution in [3.63, 3.8) is 0 Å². The molecular weight excluding hydrogens is 432 g/mol. The van der Waals surface area contributed by atoms with Gasteiger partial charge in [-0.1, -0.05) is 48.5 Å². The highest BCUT2D eigenvalue weighted by Gasteiger charge is 2.20. The van der Waals surface area contributed by atoms with Crippen LogP contribution in [0.3, 0.4) is 0 Å². The molecule has 0 radical (unpaired) electrons. The average molecular weight is 459 g/mol. The van der Waals surface area contributed by atoms with Crippen molar-refractivity contribution in [2.45, 2.75) is 43.2 Å². The highest BCUT2D eigenvalue weighted by Crippen LogP contribution is 2.34. The lowest BCUT2D eigenvalue weighted by Crippen LogP contribution is -2.22. The SMILES string of the molecule is COc1ccc(-c2cc(-c3ccccc3)c(C#N)c(SCC(=O)OC3CCCCC3)n2)cc1. The summed E-state index contributed by atoms with van der Waals surface area (Å²) in [4.78, 5) is 17.3. The van der Waals surface area contributed by atoms with Crippen LogP contribution in [0.2, 0.25) is 0 Å². The Kier molecular flexibility index (Phi) is 7.64. The van der Waals surface area contributed by atoms with Gasteiger partial charge in [-0.05, 0) is 61.6 Å². The summed E-state index contributed by atoms with van der Waals surface area (Å²) in [7, 11) is 1.63. The van der Waals surface area contributed by atoms with Crippen molar-refractivity contribution in [2.75, 3.05) is 12.9 Å². The molecule has 33 heavy (non-hydrogen) atoms. The van der Waals surface area contributed by atoms with Gasteiger partial charge in [0.15, 0.2) is 0 Å². The number of nitriles is 1. The van der Waals surface area contributed by atoms with E-state index in [0.717, 1.165) is 53.8 Å². The normalized spacial score (nSPS) is 13.8. The van der Waals surface area contributed by atoms with Gasteiger partial charge in [0.05, 0.1) is 24.1 Å². The zero-order valence-electron chi connectivity index (χ0n) is 18.6. The average Bonchev–Trinajstić information content (AvgIpc) is 2.88. The fraction of sp³-hybridized carbons (Fsp3) is 0.296. The van der Waals surface area contributed by atoms with Crippen molar-refractivity contribution >= 4 is 17.7 Å². The summed E-state index contributed by atoms with van der Waals surface area (Å²) in [6, 6.07) is 21.6. The number of thioether (sulfide) groups is 1. The molecule has 0 atom stereocenters. The van der Waals surface area contributed by atoms with Crippen LogP contribution in [0.4, 0.5) is 0 Å². The number of methoxy groups -OCH3 is 1. The summed E-state index contributed by atoms with van der Waals surface area (Å²) >= 11 is 1.26. The Morgan fingerprint density at radius 2 is 1.79 bits per heavy atom. The van der Waals surface area contributed by atoms with Crippen LogP contribution in [0, 0.1) is 11.3 Å². The molecule has 0 bridgehead atoms. The molecule has 5 nitrogen and oxygen atoms in total. The monoisotopic (exact) mass is 458 g/mol. The van der Waals surface area contributed by atoms with E-state index in [4.69, 9.17) is 14.5 Å². The Morgan fingerprint density at radius 3 is 2.45 bits per heavy atom. The van der Waals surface area contributed by atoms with Crippen LogP contribution in [-0.4, -0.2) is 29.9 Å². The largest absolute Gasteiger partial charge is 0.497 e. The maximum atomic E-state index is 12.5. The van der Waals surface area contributed by atoms with E-state index in [1.165, 1.54) is 18.2 Å². The number of hydrogen-bond acceptors (Lipinski definition) is 6. The van der Waals surface area contributed by atoms with Gasteiger partial charge < -0.3 is 9.47 Å². The van der Waals surface area contributed by atoms with Crippen LogP contribution >= 0.6 is 11.8 Å². The Hall–Kier alpha value is -3.30. The van der Waals surface area contributed by atoms with E-state index in [9.17, 15) is 10.1 Å². The summed E-state index contributed by atoms with van der Waals surface area (Å²) < 4.78 is 10.9. The topological polar surface area (TPSA) is 72.2 Å². The van der Waals surface area contributed by atoms with E-state index in [-0.39, 0.29) is 17.8 Å². The van der Waals surface area contributed by atoms with Crippen LogP contribution in [0.1, 0.15) is 37.7 Å². The predicted molar refractivity (Wildman–Crippen MR) is 130 cm³/mol. The first-order valence-corrected chi connectivity index (χ1v) is 12.1. The van der Waals surface area contributed by atoms with Gasteiger partial charge in [-0.2, -0.15) is 5.26 Å². The molecule has 1 aromatic heterocycles. The fourth-order valence-electron chi connectivity index (χ4n) is 4.02. The molecule has 3 aromatic rings. The Bertz CT molecular complexity index is 1130. The van der Waals surface area contributed by atoms with Crippen LogP contribution < -0.4 is 4.74 Å². The third kappa shape index (κ3) is 5.74. The van der Waals surface area contributed by atoms with Crippen LogP contribution in [0.5, 0.6) is 5.75 Å². The fourth-order valence-corrected chi connectivity index (χ4v) is 4.80. The number of hydrogen-bond donors (Lipinski definition) is 0. The molecule has 0 N–H and O–H groups in total. The molecule has 0 aliphatic heterocycles. The number of carbonyl (C=O) groups excluding carboxylic acids is 1. The van der Waals surface area contributed by atoms with Gasteiger partial charge >= 0.3 is 5.97 Å². The number of aromatic nitrogens is 1. The van der Waals surface area contributed by atoms with Crippen LogP contribution in [0.15, 0.2) is 65.7 Å². The second-order valence-electron chi connectivity index (χ2n) is 7.98. The standard InChI is InChI=1S/C27H26N2O3S/c1-31-21-14-12-20(13-15-21)25-16-23(19-8-4-2-5-9-19)24(17-28)27(29-25)33-18-26(30)32-22-10-6-3-7-11-22/h2,4-5,8-9,12-16,22H,3,6-7,10-11,18H2,1H3. The second kappa shape index (κ2) is 11.0. The molecule has 0 saturated heterocycles. The van der Waals surface area contributed by atoms with Crippen molar-refractivity contribution in [3.05, 3.63) is 66.2 Å². The molecular formula is C27H26N2O3S. The molecule has 4 rings (SSSR count). The minimum Gasteiger partial charge on any atom is -0.497 e. The van der Waals surface area contributed by atoms with Crippen molar-refractivity contribution in [3.8, 4) is 34.2 Å². The molecule has 168 valence electrons. The number of ether oxygens (including phenoxy) is 2. The van der Waals surface area contributed by atoms with Gasteiger partial charge in [0.1, 0.15) is 22.9 Å². The Morgan fingerprint density at radius 1 is 1.06 bits per heavy atom. The summed E-state index contributed by atoms with van der Waals surface area (Å²) in [5.41, 5.74) is 3.83. The number of pyridine rings is 1. The number of carbonyl (C=O) groups is 1. The van der Waals surface area contributed by atoms with E-state index < -0.39 is 0 Å². The summed E-state index contributed by atoms with van der Waals surface area (Å²) in [5.74, 6) is 0.628. The third-order valence-electron chi connectivity index (χ3n) is 5.75. The first-order chi connectivity index (χ1) is 16.2. The quantitative estimate of drug-likeness (QED) is 0.307. The van der Waals surface area contributed by atoms with Crippen molar-refractivity contribution in [2.24, 2.45) is 0 Å². The first-order valence-electron chi connectivity index (χ1n) is 11.1. The van der Waals surface area contributed by atoms with Crippen molar-refractivity contribution < 1.29 is 14.3 Å². The van der Waals surface area contributed by atoms with Gasteiger partial charge in [-0.15, -0.1) is 0 Å². The third-order valence-corrected chi connectivity index (χ3v) is 6.69. The van der Waals surface area contributed by atoms with E-state index in [1.807, 2.05) is 60.7 Å². The lowest BCUT2D eigenvalue weighted by molar-refractivity contribution is -0.147. The zero-order valence-corrected chi connectivity index (χ0v) is 19.4. The van der Waals surface area contributed by atoms with Crippen LogP contribution in [0.25, 0.3) is 22.4 Å². The second-order valence-corrected chi connectivity index (χ2v) is 8.94. The van der Waals surface area contributed by atoms with Gasteiger partial charge in [0.2, 0.25) is 0 Å². The molecule has 2 aromatic carbocycles. The first kappa shape index (κ1) is 22.9. The van der Waals surface area contributed by atoms with Gasteiger partial charge in [0, 0.05) is 11.1 Å². The molecule has 1 aliphatic rings.